The van der Waals surface area contributed by atoms with Crippen LogP contribution in [0.3, 0.4) is 0 Å². The van der Waals surface area contributed by atoms with Gasteiger partial charge in [-0.2, -0.15) is 0 Å². The summed E-state index contributed by atoms with van der Waals surface area (Å²) in [5.74, 6) is -0.141. The Bertz CT molecular complexity index is 244. The summed E-state index contributed by atoms with van der Waals surface area (Å²) in [6.45, 7) is 3.12. The molecule has 0 aliphatic rings. The number of aromatic amines is 1. The molecule has 1 rings (SSSR count). The number of aliphatic carboxylic acids is 1. The summed E-state index contributed by atoms with van der Waals surface area (Å²) in [7, 11) is 0. The zero-order valence-corrected chi connectivity index (χ0v) is 7.10. The lowest BCUT2D eigenvalue weighted by Gasteiger charge is -1.85. The smallest absolute Gasteiger partial charge is 0.327 e. The number of hydrogen-bond donors (Lipinski definition) is 3. The predicted molar refractivity (Wildman–Crippen MR) is 47.2 cm³/mol. The Kier molecular flexibility index (Phi) is 6.17. The predicted octanol–water partition coefficient (Wildman–Crippen LogP) is 0.201. The van der Waals surface area contributed by atoms with Crippen LogP contribution in [0.25, 0.3) is 0 Å². The monoisotopic (exact) mass is 184 g/mol. The molecule has 0 aromatic carbocycles. The molecule has 0 saturated heterocycles. The Morgan fingerprint density at radius 1 is 1.77 bits per heavy atom. The molecule has 3 N–H and O–H groups in total. The number of nitrogens with zero attached hydrogens (tertiary/aromatic N) is 1. The molecule has 5 nitrogen and oxygen atoms in total. The number of aliphatic hydroxyl groups excluding tert-OH is 1. The first-order chi connectivity index (χ1) is 6.20. The maximum atomic E-state index is 9.25. The van der Waals surface area contributed by atoms with Crippen LogP contribution in [0.5, 0.6) is 0 Å². The molecule has 0 aliphatic heterocycles. The Hall–Kier alpha value is -1.62. The van der Waals surface area contributed by atoms with E-state index in [2.05, 4.69) is 16.5 Å². The Labute approximate surface area is 75.8 Å². The number of rotatable bonds is 3. The van der Waals surface area contributed by atoms with Gasteiger partial charge < -0.3 is 15.2 Å². The molecule has 0 spiro atoms. The number of carboxylic acids is 1. The number of aliphatic hydroxyl groups is 1. The van der Waals surface area contributed by atoms with Crippen molar-refractivity contribution in [2.45, 2.75) is 6.42 Å². The van der Waals surface area contributed by atoms with E-state index < -0.39 is 5.97 Å². The first-order valence-corrected chi connectivity index (χ1v) is 3.65. The van der Waals surface area contributed by atoms with E-state index in [1.54, 1.807) is 12.4 Å². The summed E-state index contributed by atoms with van der Waals surface area (Å²) in [4.78, 5) is 16.0. The number of imidazole rings is 1. The normalized spacial score (nSPS) is 8.38. The van der Waals surface area contributed by atoms with Crippen LogP contribution in [0.2, 0.25) is 0 Å². The van der Waals surface area contributed by atoms with Crippen LogP contribution < -0.4 is 0 Å². The Morgan fingerprint density at radius 3 is 2.69 bits per heavy atom. The molecule has 1 aromatic rings. The fraction of sp³-hybridized carbons (Fsp3) is 0.250. The molecule has 0 fully saturated rings. The van der Waals surface area contributed by atoms with E-state index in [4.69, 9.17) is 10.2 Å². The number of hydrogen-bond acceptors (Lipinski definition) is 3. The highest BCUT2D eigenvalue weighted by molar-refractivity contribution is 5.78. The first-order valence-electron chi connectivity index (χ1n) is 3.65. The fourth-order valence-corrected chi connectivity index (χ4v) is 0.541. The molecule has 5 heteroatoms. The van der Waals surface area contributed by atoms with E-state index in [1.165, 1.54) is 0 Å². The summed E-state index contributed by atoms with van der Waals surface area (Å²) in [6, 6.07) is 0. The molecule has 0 radical (unpaired) electrons. The van der Waals surface area contributed by atoms with Gasteiger partial charge in [0.05, 0.1) is 6.61 Å². The molecule has 72 valence electrons. The van der Waals surface area contributed by atoms with Crippen LogP contribution in [-0.2, 0) is 11.2 Å². The van der Waals surface area contributed by atoms with E-state index in [0.29, 0.717) is 6.42 Å². The lowest BCUT2D eigenvalue weighted by molar-refractivity contribution is -0.131. The van der Waals surface area contributed by atoms with E-state index in [-0.39, 0.29) is 6.61 Å². The lowest BCUT2D eigenvalue weighted by Crippen LogP contribution is -1.91. The third-order valence-corrected chi connectivity index (χ3v) is 1.08. The standard InChI is InChI=1S/C5H8N2O.C3H4O2/c8-4-1-5-6-2-3-7-5;1-2-3(4)5/h2-3,8H,1,4H2,(H,6,7);2H,1H2,(H,4,5). The lowest BCUT2D eigenvalue weighted by atomic mass is 10.4. The van der Waals surface area contributed by atoms with Crippen molar-refractivity contribution in [3.05, 3.63) is 30.9 Å². The Morgan fingerprint density at radius 2 is 2.38 bits per heavy atom. The van der Waals surface area contributed by atoms with Crippen molar-refractivity contribution in [2.24, 2.45) is 0 Å². The van der Waals surface area contributed by atoms with Gasteiger partial charge >= 0.3 is 5.97 Å². The van der Waals surface area contributed by atoms with Crippen molar-refractivity contribution in [3.8, 4) is 0 Å². The minimum absolute atomic E-state index is 0.160. The van der Waals surface area contributed by atoms with Gasteiger partial charge in [0.2, 0.25) is 0 Å². The quantitative estimate of drug-likeness (QED) is 0.586. The second-order valence-corrected chi connectivity index (χ2v) is 2.05. The van der Waals surface area contributed by atoms with Gasteiger partial charge in [0.25, 0.3) is 0 Å². The van der Waals surface area contributed by atoms with Crippen LogP contribution in [-0.4, -0.2) is 32.8 Å². The highest BCUT2D eigenvalue weighted by Crippen LogP contribution is 1.86. The van der Waals surface area contributed by atoms with E-state index in [0.717, 1.165) is 11.9 Å². The molecule has 0 bridgehead atoms. The zero-order valence-electron chi connectivity index (χ0n) is 7.10. The van der Waals surface area contributed by atoms with Gasteiger partial charge in [-0.05, 0) is 0 Å². The van der Waals surface area contributed by atoms with E-state index in [9.17, 15) is 4.79 Å². The molecule has 0 aliphatic carbocycles. The zero-order chi connectivity index (χ0) is 10.1. The second kappa shape index (κ2) is 7.05. The maximum absolute atomic E-state index is 9.25. The van der Waals surface area contributed by atoms with Crippen LogP contribution in [0.1, 0.15) is 5.82 Å². The number of H-pyrrole nitrogens is 1. The molecular weight excluding hydrogens is 172 g/mol. The summed E-state index contributed by atoms with van der Waals surface area (Å²) >= 11 is 0. The average Bonchev–Trinajstić information content (AvgIpc) is 2.59. The minimum Gasteiger partial charge on any atom is -0.478 e. The molecule has 0 saturated carbocycles. The third-order valence-electron chi connectivity index (χ3n) is 1.08. The van der Waals surface area contributed by atoms with Crippen molar-refractivity contribution in [3.63, 3.8) is 0 Å². The van der Waals surface area contributed by atoms with Crippen molar-refractivity contribution in [2.75, 3.05) is 6.61 Å². The largest absolute Gasteiger partial charge is 0.478 e. The highest BCUT2D eigenvalue weighted by Gasteiger charge is 1.88. The van der Waals surface area contributed by atoms with Gasteiger partial charge in [0.15, 0.2) is 0 Å². The van der Waals surface area contributed by atoms with E-state index in [1.807, 2.05) is 0 Å². The number of carboxylic acid groups (broad SMARTS) is 1. The van der Waals surface area contributed by atoms with Crippen LogP contribution in [0, 0.1) is 0 Å². The van der Waals surface area contributed by atoms with Gasteiger partial charge in [-0.25, -0.2) is 9.78 Å². The van der Waals surface area contributed by atoms with Gasteiger partial charge in [0, 0.05) is 24.9 Å². The summed E-state index contributed by atoms with van der Waals surface area (Å²) in [5, 5.41) is 16.0. The number of carbonyl (C=O) groups is 1. The van der Waals surface area contributed by atoms with Crippen molar-refractivity contribution in [1.82, 2.24) is 9.97 Å². The molecule has 0 atom stereocenters. The molecule has 13 heavy (non-hydrogen) atoms. The fourth-order valence-electron chi connectivity index (χ4n) is 0.541. The van der Waals surface area contributed by atoms with Crippen molar-refractivity contribution >= 4 is 5.97 Å². The van der Waals surface area contributed by atoms with Gasteiger partial charge in [-0.15, -0.1) is 0 Å². The van der Waals surface area contributed by atoms with Crippen LogP contribution in [0.4, 0.5) is 0 Å². The molecule has 1 heterocycles. The van der Waals surface area contributed by atoms with E-state index >= 15 is 0 Å². The van der Waals surface area contributed by atoms with Crippen molar-refractivity contribution < 1.29 is 15.0 Å². The maximum Gasteiger partial charge on any atom is 0.327 e. The van der Waals surface area contributed by atoms with Crippen LogP contribution in [0.15, 0.2) is 25.0 Å². The molecule has 0 unspecified atom stereocenters. The van der Waals surface area contributed by atoms with Crippen LogP contribution >= 0.6 is 0 Å². The summed E-state index contributed by atoms with van der Waals surface area (Å²) in [5.41, 5.74) is 0. The van der Waals surface area contributed by atoms with Crippen molar-refractivity contribution in [1.29, 1.82) is 0 Å². The third kappa shape index (κ3) is 6.77. The molecule has 1 aromatic heterocycles. The van der Waals surface area contributed by atoms with Gasteiger partial charge in [-0.1, -0.05) is 6.58 Å². The minimum atomic E-state index is -0.981. The Balaban J connectivity index is 0.000000252. The number of aromatic nitrogens is 2. The average molecular weight is 184 g/mol. The SMILES string of the molecule is C=CC(=O)O.OCCc1ncc[nH]1. The molecule has 0 amide bonds. The second-order valence-electron chi connectivity index (χ2n) is 2.05. The number of nitrogens with one attached hydrogen (secondary N) is 1. The first kappa shape index (κ1) is 11.4. The van der Waals surface area contributed by atoms with Gasteiger partial charge in [0.1, 0.15) is 5.82 Å². The molecular formula is C8H12N2O3. The van der Waals surface area contributed by atoms with Gasteiger partial charge in [-0.3, -0.25) is 0 Å². The highest BCUT2D eigenvalue weighted by atomic mass is 16.4. The summed E-state index contributed by atoms with van der Waals surface area (Å²) < 4.78 is 0. The topological polar surface area (TPSA) is 86.2 Å². The summed E-state index contributed by atoms with van der Waals surface area (Å²) in [6.07, 6.45) is 4.86.